The number of carboxylic acid groups (broad SMARTS) is 1. The molecule has 0 saturated carbocycles. The van der Waals surface area contributed by atoms with Gasteiger partial charge < -0.3 is 10.4 Å². The maximum absolute atomic E-state index is 10.9. The van der Waals surface area contributed by atoms with E-state index < -0.39 is 5.97 Å². The van der Waals surface area contributed by atoms with Crippen LogP contribution in [0.15, 0.2) is 48.0 Å². The van der Waals surface area contributed by atoms with Gasteiger partial charge in [-0.2, -0.15) is 0 Å². The minimum atomic E-state index is -0.966. The molecule has 0 spiro atoms. The Labute approximate surface area is 131 Å². The maximum Gasteiger partial charge on any atom is 0.335 e. The number of rotatable bonds is 6. The van der Waals surface area contributed by atoms with Gasteiger partial charge in [-0.05, 0) is 36.8 Å². The number of hydrogen-bond donors (Lipinski definition) is 4. The van der Waals surface area contributed by atoms with E-state index in [0.29, 0.717) is 10.8 Å². The fraction of sp³-hybridized carbons (Fsp3) is 0.0667. The summed E-state index contributed by atoms with van der Waals surface area (Å²) < 4.78 is 0. The predicted molar refractivity (Wildman–Crippen MR) is 86.5 cm³/mol. The summed E-state index contributed by atoms with van der Waals surface area (Å²) in [6.45, 7) is 1.91. The highest BCUT2D eigenvalue weighted by molar-refractivity contribution is 7.13. The molecule has 0 bridgehead atoms. The Kier molecular flexibility index (Phi) is 5.29. The summed E-state index contributed by atoms with van der Waals surface area (Å²) in [5.41, 5.74) is 4.57. The third-order valence-electron chi connectivity index (χ3n) is 2.79. The first-order valence-corrected chi connectivity index (χ1v) is 7.27. The average molecular weight is 317 g/mol. The van der Waals surface area contributed by atoms with Crippen molar-refractivity contribution in [3.8, 4) is 0 Å². The van der Waals surface area contributed by atoms with Crippen molar-refractivity contribution in [2.45, 2.75) is 6.92 Å². The molecule has 0 saturated heterocycles. The molecule has 2 rings (SSSR count). The van der Waals surface area contributed by atoms with Crippen molar-refractivity contribution in [2.75, 3.05) is 5.32 Å². The minimum absolute atomic E-state index is 0.222. The maximum atomic E-state index is 10.9. The number of hydrogen-bond acceptors (Lipinski definition) is 6. The minimum Gasteiger partial charge on any atom is -0.478 e. The molecular formula is C15H15N3O3S. The first kappa shape index (κ1) is 15.7. The van der Waals surface area contributed by atoms with Gasteiger partial charge >= 0.3 is 5.97 Å². The summed E-state index contributed by atoms with van der Waals surface area (Å²) in [5.74, 6) is -0.966. The fourth-order valence-corrected chi connectivity index (χ4v) is 2.48. The number of aromatic carboxylic acids is 1. The lowest BCUT2D eigenvalue weighted by atomic mass is 10.2. The van der Waals surface area contributed by atoms with Gasteiger partial charge in [-0.1, -0.05) is 12.1 Å². The van der Waals surface area contributed by atoms with Gasteiger partial charge in [0.25, 0.3) is 0 Å². The lowest BCUT2D eigenvalue weighted by Crippen LogP contribution is -1.97. The van der Waals surface area contributed by atoms with Crippen molar-refractivity contribution in [1.29, 1.82) is 0 Å². The number of aromatic nitrogens is 1. The molecule has 1 heterocycles. The fourth-order valence-electron chi connectivity index (χ4n) is 1.69. The van der Waals surface area contributed by atoms with Gasteiger partial charge in [0, 0.05) is 17.3 Å². The molecule has 2 aromatic rings. The number of anilines is 2. The predicted octanol–water partition coefficient (Wildman–Crippen LogP) is 3.48. The van der Waals surface area contributed by atoms with Crippen LogP contribution in [0.4, 0.5) is 10.8 Å². The van der Waals surface area contributed by atoms with Gasteiger partial charge in [-0.15, -0.1) is 11.3 Å². The number of benzene rings is 1. The molecule has 1 aromatic heterocycles. The van der Waals surface area contributed by atoms with Crippen LogP contribution in [-0.4, -0.2) is 21.3 Å². The molecule has 0 radical (unpaired) electrons. The number of allylic oxidation sites excluding steroid dienone is 3. The topological polar surface area (TPSA) is 94.5 Å². The zero-order valence-corrected chi connectivity index (χ0v) is 12.6. The van der Waals surface area contributed by atoms with Gasteiger partial charge in [0.2, 0.25) is 0 Å². The molecule has 0 aliphatic carbocycles. The van der Waals surface area contributed by atoms with Crippen LogP contribution in [0.5, 0.6) is 0 Å². The Balaban J connectivity index is 2.12. The van der Waals surface area contributed by atoms with E-state index in [1.165, 1.54) is 23.6 Å². The van der Waals surface area contributed by atoms with E-state index >= 15 is 0 Å². The van der Waals surface area contributed by atoms with Crippen LogP contribution in [0.3, 0.4) is 0 Å². The summed E-state index contributed by atoms with van der Waals surface area (Å²) in [5, 5.41) is 23.1. The van der Waals surface area contributed by atoms with E-state index in [1.807, 2.05) is 23.9 Å². The molecule has 0 aliphatic rings. The molecule has 6 nitrogen and oxygen atoms in total. The largest absolute Gasteiger partial charge is 0.478 e. The monoisotopic (exact) mass is 317 g/mol. The average Bonchev–Trinajstić information content (AvgIpc) is 2.96. The second-order valence-electron chi connectivity index (χ2n) is 4.39. The van der Waals surface area contributed by atoms with E-state index in [9.17, 15) is 4.79 Å². The summed E-state index contributed by atoms with van der Waals surface area (Å²) in [4.78, 5) is 15.4. The van der Waals surface area contributed by atoms with Crippen LogP contribution in [0, 0.1) is 0 Å². The Hall–Kier alpha value is -2.64. The molecule has 0 unspecified atom stereocenters. The summed E-state index contributed by atoms with van der Waals surface area (Å²) in [7, 11) is 0. The van der Waals surface area contributed by atoms with Gasteiger partial charge in [-0.3, -0.25) is 10.7 Å². The Morgan fingerprint density at radius 3 is 2.95 bits per heavy atom. The van der Waals surface area contributed by atoms with Crippen molar-refractivity contribution < 1.29 is 15.1 Å². The first-order valence-electron chi connectivity index (χ1n) is 6.39. The molecular weight excluding hydrogens is 302 g/mol. The van der Waals surface area contributed by atoms with Crippen molar-refractivity contribution in [2.24, 2.45) is 0 Å². The number of thiazole rings is 1. The van der Waals surface area contributed by atoms with Gasteiger partial charge in [-0.25, -0.2) is 9.78 Å². The van der Waals surface area contributed by atoms with E-state index in [1.54, 1.807) is 24.3 Å². The third kappa shape index (κ3) is 4.18. The zero-order chi connectivity index (χ0) is 15.9. The SMILES string of the molecule is C/C(=C\C=C/NO)c1csc(Nc2cccc(C(=O)O)c2)n1. The first-order chi connectivity index (χ1) is 10.6. The van der Waals surface area contributed by atoms with Crippen molar-refractivity contribution in [3.63, 3.8) is 0 Å². The van der Waals surface area contributed by atoms with E-state index in [-0.39, 0.29) is 5.56 Å². The molecule has 0 amide bonds. The highest BCUT2D eigenvalue weighted by atomic mass is 32.1. The molecule has 0 aliphatic heterocycles. The van der Waals surface area contributed by atoms with E-state index in [4.69, 9.17) is 10.3 Å². The Morgan fingerprint density at radius 2 is 2.23 bits per heavy atom. The van der Waals surface area contributed by atoms with Crippen LogP contribution in [0.2, 0.25) is 0 Å². The lowest BCUT2D eigenvalue weighted by molar-refractivity contribution is 0.0697. The van der Waals surface area contributed by atoms with Crippen LogP contribution >= 0.6 is 11.3 Å². The standard InChI is InChI=1S/C15H15N3O3S/c1-10(4-3-7-16-21)13-9-22-15(18-13)17-12-6-2-5-11(8-12)14(19)20/h2-9,16,21H,1H3,(H,17,18)(H,19,20)/b7-3-,10-4+. The summed E-state index contributed by atoms with van der Waals surface area (Å²) in [6, 6.07) is 6.56. The van der Waals surface area contributed by atoms with Gasteiger partial charge in [0.1, 0.15) is 0 Å². The molecule has 4 N–H and O–H groups in total. The van der Waals surface area contributed by atoms with Crippen molar-refractivity contribution in [1.82, 2.24) is 10.5 Å². The quantitative estimate of drug-likeness (QED) is 0.481. The Bertz CT molecular complexity index is 722. The third-order valence-corrected chi connectivity index (χ3v) is 3.54. The molecule has 0 fully saturated rings. The number of carbonyl (C=O) groups is 1. The highest BCUT2D eigenvalue weighted by Gasteiger charge is 2.06. The number of nitrogens with one attached hydrogen (secondary N) is 2. The number of hydroxylamine groups is 1. The summed E-state index contributed by atoms with van der Waals surface area (Å²) in [6.07, 6.45) is 4.87. The van der Waals surface area contributed by atoms with Gasteiger partial charge in [0.05, 0.1) is 11.3 Å². The second-order valence-corrected chi connectivity index (χ2v) is 5.24. The smallest absolute Gasteiger partial charge is 0.335 e. The molecule has 0 atom stereocenters. The second kappa shape index (κ2) is 7.39. The molecule has 22 heavy (non-hydrogen) atoms. The van der Waals surface area contributed by atoms with E-state index in [0.717, 1.165) is 11.3 Å². The highest BCUT2D eigenvalue weighted by Crippen LogP contribution is 2.25. The van der Waals surface area contributed by atoms with Crippen LogP contribution in [0.25, 0.3) is 5.57 Å². The van der Waals surface area contributed by atoms with E-state index in [2.05, 4.69) is 10.3 Å². The van der Waals surface area contributed by atoms with Crippen LogP contribution < -0.4 is 10.8 Å². The lowest BCUT2D eigenvalue weighted by Gasteiger charge is -2.03. The van der Waals surface area contributed by atoms with Crippen molar-refractivity contribution >= 4 is 33.7 Å². The summed E-state index contributed by atoms with van der Waals surface area (Å²) >= 11 is 1.43. The molecule has 7 heteroatoms. The number of nitrogens with zero attached hydrogens (tertiary/aromatic N) is 1. The van der Waals surface area contributed by atoms with Gasteiger partial charge in [0.15, 0.2) is 5.13 Å². The molecule has 114 valence electrons. The van der Waals surface area contributed by atoms with Crippen LogP contribution in [0.1, 0.15) is 23.0 Å². The zero-order valence-electron chi connectivity index (χ0n) is 11.8. The molecule has 1 aromatic carbocycles. The van der Waals surface area contributed by atoms with Crippen LogP contribution in [-0.2, 0) is 0 Å². The number of carboxylic acids is 1. The normalized spacial score (nSPS) is 11.6. The van der Waals surface area contributed by atoms with Crippen molar-refractivity contribution in [3.05, 3.63) is 59.3 Å². The Morgan fingerprint density at radius 1 is 1.41 bits per heavy atom.